The van der Waals surface area contributed by atoms with Crippen LogP contribution in [0, 0.1) is 0 Å². The van der Waals surface area contributed by atoms with Crippen LogP contribution in [0.2, 0.25) is 0 Å². The molecule has 0 amide bonds. The van der Waals surface area contributed by atoms with E-state index in [1.54, 1.807) is 10.9 Å². The lowest BCUT2D eigenvalue weighted by Crippen LogP contribution is -2.32. The molecule has 2 rings (SSSR count). The fraction of sp³-hybridized carbons (Fsp3) is 0.556. The molecule has 2 heterocycles. The molecule has 1 aromatic heterocycles. The summed E-state index contributed by atoms with van der Waals surface area (Å²) in [6, 6.07) is -0.569. The van der Waals surface area contributed by atoms with Crippen LogP contribution < -0.4 is 5.73 Å². The largest absolute Gasteiger partial charge is 0.480 e. The van der Waals surface area contributed by atoms with E-state index >= 15 is 0 Å². The molecule has 1 fully saturated rings. The lowest BCUT2D eigenvalue weighted by Gasteiger charge is -2.25. The van der Waals surface area contributed by atoms with Crippen molar-refractivity contribution in [1.29, 1.82) is 0 Å². The lowest BCUT2D eigenvalue weighted by atomic mass is 10.1. The maximum atomic E-state index is 10.5. The van der Waals surface area contributed by atoms with Crippen LogP contribution in [0.1, 0.15) is 11.6 Å². The van der Waals surface area contributed by atoms with Crippen molar-refractivity contribution in [3.63, 3.8) is 0 Å². The molecule has 1 saturated heterocycles. The summed E-state index contributed by atoms with van der Waals surface area (Å²) in [7, 11) is 0. The second kappa shape index (κ2) is 4.00. The third-order valence-corrected chi connectivity index (χ3v) is 2.42. The maximum Gasteiger partial charge on any atom is 0.320 e. The van der Waals surface area contributed by atoms with E-state index in [1.807, 2.05) is 6.20 Å². The third-order valence-electron chi connectivity index (χ3n) is 2.42. The Morgan fingerprint density at radius 2 is 2.53 bits per heavy atom. The molecule has 0 spiro atoms. The molecule has 1 aliphatic rings. The Kier molecular flexibility index (Phi) is 2.70. The molecule has 1 aromatic rings. The molecule has 15 heavy (non-hydrogen) atoms. The first kappa shape index (κ1) is 10.1. The number of carboxylic acids is 1. The zero-order valence-corrected chi connectivity index (χ0v) is 8.17. The highest BCUT2D eigenvalue weighted by atomic mass is 16.5. The number of rotatable bonds is 4. The highest BCUT2D eigenvalue weighted by Gasteiger charge is 2.21. The minimum atomic E-state index is -0.991. The maximum absolute atomic E-state index is 10.5. The summed E-state index contributed by atoms with van der Waals surface area (Å²) in [6.45, 7) is 1.35. The van der Waals surface area contributed by atoms with Crippen LogP contribution in [0.15, 0.2) is 12.4 Å². The summed E-state index contributed by atoms with van der Waals surface area (Å²) in [5, 5.41) is 12.8. The van der Waals surface area contributed by atoms with Crippen molar-refractivity contribution in [2.45, 2.75) is 18.5 Å². The van der Waals surface area contributed by atoms with Crippen molar-refractivity contribution in [2.24, 2.45) is 5.73 Å². The Labute approximate surface area is 86.6 Å². The minimum Gasteiger partial charge on any atom is -0.480 e. The van der Waals surface area contributed by atoms with Crippen molar-refractivity contribution in [3.05, 3.63) is 18.0 Å². The van der Waals surface area contributed by atoms with Gasteiger partial charge in [0.25, 0.3) is 0 Å². The van der Waals surface area contributed by atoms with E-state index in [2.05, 4.69) is 5.10 Å². The van der Waals surface area contributed by atoms with Crippen LogP contribution >= 0.6 is 0 Å². The predicted molar refractivity (Wildman–Crippen MR) is 51.4 cm³/mol. The molecule has 0 aromatic carbocycles. The van der Waals surface area contributed by atoms with Gasteiger partial charge in [-0.25, -0.2) is 0 Å². The zero-order valence-electron chi connectivity index (χ0n) is 8.17. The molecule has 0 aliphatic carbocycles. The van der Waals surface area contributed by atoms with Crippen LogP contribution in [0.5, 0.6) is 0 Å². The van der Waals surface area contributed by atoms with E-state index in [9.17, 15) is 4.79 Å². The van der Waals surface area contributed by atoms with Gasteiger partial charge in [-0.1, -0.05) is 0 Å². The molecule has 0 radical (unpaired) electrons. The fourth-order valence-electron chi connectivity index (χ4n) is 1.40. The summed E-state index contributed by atoms with van der Waals surface area (Å²) in [4.78, 5) is 10.5. The van der Waals surface area contributed by atoms with Crippen molar-refractivity contribution in [1.82, 2.24) is 9.78 Å². The normalized spacial score (nSPS) is 18.5. The molecule has 0 bridgehead atoms. The van der Waals surface area contributed by atoms with E-state index in [0.717, 1.165) is 5.56 Å². The first-order chi connectivity index (χ1) is 7.16. The Balaban J connectivity index is 1.97. The first-order valence-electron chi connectivity index (χ1n) is 4.76. The molecule has 3 N–H and O–H groups in total. The van der Waals surface area contributed by atoms with Crippen LogP contribution in [-0.4, -0.2) is 40.1 Å². The van der Waals surface area contributed by atoms with Gasteiger partial charge >= 0.3 is 5.97 Å². The van der Waals surface area contributed by atoms with Gasteiger partial charge in [0.1, 0.15) is 6.04 Å². The molecule has 1 unspecified atom stereocenters. The SMILES string of the molecule is NC(Cc1cnn(C2COC2)c1)C(=O)O. The summed E-state index contributed by atoms with van der Waals surface area (Å²) in [5.41, 5.74) is 6.26. The molecule has 6 heteroatoms. The average molecular weight is 211 g/mol. The Morgan fingerprint density at radius 1 is 1.80 bits per heavy atom. The second-order valence-electron chi connectivity index (χ2n) is 3.67. The number of carboxylic acid groups (broad SMARTS) is 1. The van der Waals surface area contributed by atoms with Gasteiger partial charge in [-0.3, -0.25) is 9.48 Å². The van der Waals surface area contributed by atoms with Gasteiger partial charge in [0, 0.05) is 12.6 Å². The van der Waals surface area contributed by atoms with Gasteiger partial charge in [0.15, 0.2) is 0 Å². The van der Waals surface area contributed by atoms with Gasteiger partial charge in [0.2, 0.25) is 0 Å². The molecule has 1 atom stereocenters. The number of ether oxygens (including phenoxy) is 1. The number of carbonyl (C=O) groups is 1. The number of aliphatic carboxylic acids is 1. The molecule has 6 nitrogen and oxygen atoms in total. The van der Waals surface area contributed by atoms with E-state index in [1.165, 1.54) is 0 Å². The summed E-state index contributed by atoms with van der Waals surface area (Å²) < 4.78 is 6.84. The van der Waals surface area contributed by atoms with E-state index in [-0.39, 0.29) is 0 Å². The highest BCUT2D eigenvalue weighted by molar-refractivity contribution is 5.73. The van der Waals surface area contributed by atoms with Crippen molar-refractivity contribution in [3.8, 4) is 0 Å². The Morgan fingerprint density at radius 3 is 3.07 bits per heavy atom. The third kappa shape index (κ3) is 2.16. The smallest absolute Gasteiger partial charge is 0.320 e. The molecular weight excluding hydrogens is 198 g/mol. The lowest BCUT2D eigenvalue weighted by molar-refractivity contribution is -0.138. The van der Waals surface area contributed by atoms with Gasteiger partial charge in [0.05, 0.1) is 25.5 Å². The zero-order chi connectivity index (χ0) is 10.8. The van der Waals surface area contributed by atoms with Crippen molar-refractivity contribution < 1.29 is 14.6 Å². The Hall–Kier alpha value is -1.40. The first-order valence-corrected chi connectivity index (χ1v) is 4.76. The summed E-state index contributed by atoms with van der Waals surface area (Å²) in [6.07, 6.45) is 3.79. The van der Waals surface area contributed by atoms with Crippen LogP contribution in [0.25, 0.3) is 0 Å². The fourth-order valence-corrected chi connectivity index (χ4v) is 1.40. The van der Waals surface area contributed by atoms with Gasteiger partial charge in [-0.15, -0.1) is 0 Å². The highest BCUT2D eigenvalue weighted by Crippen LogP contribution is 2.16. The van der Waals surface area contributed by atoms with Gasteiger partial charge < -0.3 is 15.6 Å². The number of nitrogens with zero attached hydrogens (tertiary/aromatic N) is 2. The van der Waals surface area contributed by atoms with Gasteiger partial charge in [-0.2, -0.15) is 5.10 Å². The molecule has 0 saturated carbocycles. The summed E-state index contributed by atoms with van der Waals surface area (Å²) in [5.74, 6) is -0.991. The quantitative estimate of drug-likeness (QED) is 0.694. The Bertz CT molecular complexity index is 359. The number of aromatic nitrogens is 2. The topological polar surface area (TPSA) is 90.4 Å². The second-order valence-corrected chi connectivity index (χ2v) is 3.67. The minimum absolute atomic E-state index is 0.291. The summed E-state index contributed by atoms with van der Waals surface area (Å²) >= 11 is 0. The average Bonchev–Trinajstić information content (AvgIpc) is 2.49. The molecule has 1 aliphatic heterocycles. The van der Waals surface area contributed by atoms with Crippen molar-refractivity contribution in [2.75, 3.05) is 13.2 Å². The van der Waals surface area contributed by atoms with Crippen LogP contribution in [0.4, 0.5) is 0 Å². The van der Waals surface area contributed by atoms with Crippen molar-refractivity contribution >= 4 is 5.97 Å². The number of hydrogen-bond donors (Lipinski definition) is 2. The number of hydrogen-bond acceptors (Lipinski definition) is 4. The van der Waals surface area contributed by atoms with Gasteiger partial charge in [-0.05, 0) is 5.56 Å². The molecule has 82 valence electrons. The molecular formula is C9H13N3O3. The predicted octanol–water partition coefficient (Wildman–Crippen LogP) is -0.591. The number of nitrogens with two attached hydrogens (primary N) is 1. The standard InChI is InChI=1S/C9H13N3O3/c10-8(9(13)14)1-6-2-11-12(3-6)7-4-15-5-7/h2-3,7-8H,1,4-5,10H2,(H,13,14). The van der Waals surface area contributed by atoms with E-state index in [0.29, 0.717) is 25.7 Å². The van der Waals surface area contributed by atoms with Crippen LogP contribution in [0.3, 0.4) is 0 Å². The monoisotopic (exact) mass is 211 g/mol. The van der Waals surface area contributed by atoms with E-state index < -0.39 is 12.0 Å². The van der Waals surface area contributed by atoms with E-state index in [4.69, 9.17) is 15.6 Å². The van der Waals surface area contributed by atoms with Crippen LogP contribution in [-0.2, 0) is 16.0 Å².